The minimum Gasteiger partial charge on any atom is -0.395 e. The normalized spacial score (nSPS) is 42.0. The van der Waals surface area contributed by atoms with Crippen LogP contribution in [0.4, 0.5) is 0 Å². The molecule has 2 bridgehead atoms. The summed E-state index contributed by atoms with van der Waals surface area (Å²) in [4.78, 5) is 2.40. The first-order chi connectivity index (χ1) is 5.81. The van der Waals surface area contributed by atoms with Crippen molar-refractivity contribution in [2.75, 3.05) is 19.7 Å². The van der Waals surface area contributed by atoms with Crippen molar-refractivity contribution in [2.24, 2.45) is 11.7 Å². The lowest BCUT2D eigenvalue weighted by atomic mass is 9.76. The third-order valence-electron chi connectivity index (χ3n) is 3.39. The molecule has 70 valence electrons. The van der Waals surface area contributed by atoms with E-state index in [4.69, 9.17) is 10.8 Å². The summed E-state index contributed by atoms with van der Waals surface area (Å²) in [7, 11) is 0. The average molecular weight is 170 g/mol. The Morgan fingerprint density at radius 2 is 2.25 bits per heavy atom. The van der Waals surface area contributed by atoms with E-state index in [1.165, 1.54) is 12.8 Å². The zero-order valence-electron chi connectivity index (χ0n) is 7.45. The van der Waals surface area contributed by atoms with E-state index in [2.05, 4.69) is 4.90 Å². The van der Waals surface area contributed by atoms with Gasteiger partial charge in [0.25, 0.3) is 0 Å². The summed E-state index contributed by atoms with van der Waals surface area (Å²) in [6.45, 7) is 2.25. The van der Waals surface area contributed by atoms with Crippen molar-refractivity contribution in [3.8, 4) is 0 Å². The van der Waals surface area contributed by atoms with Crippen molar-refractivity contribution in [2.45, 2.75) is 31.3 Å². The Morgan fingerprint density at radius 1 is 1.42 bits per heavy atom. The molecule has 1 saturated carbocycles. The molecule has 0 amide bonds. The van der Waals surface area contributed by atoms with Crippen molar-refractivity contribution in [3.63, 3.8) is 0 Å². The first-order valence-corrected chi connectivity index (χ1v) is 4.91. The maximum Gasteiger partial charge on any atom is 0.0558 e. The van der Waals surface area contributed by atoms with Gasteiger partial charge in [0.2, 0.25) is 0 Å². The molecular weight excluding hydrogens is 152 g/mol. The summed E-state index contributed by atoms with van der Waals surface area (Å²) < 4.78 is 0. The second-order valence-electron chi connectivity index (χ2n) is 4.11. The van der Waals surface area contributed by atoms with Crippen LogP contribution in [0, 0.1) is 5.92 Å². The predicted octanol–water partition coefficient (Wildman–Crippen LogP) is -0.210. The minimum atomic E-state index is 0.290. The molecular formula is C9H18N2O. The van der Waals surface area contributed by atoms with Crippen LogP contribution in [0.15, 0.2) is 0 Å². The van der Waals surface area contributed by atoms with Crippen LogP contribution in [-0.4, -0.2) is 41.8 Å². The van der Waals surface area contributed by atoms with Crippen molar-refractivity contribution < 1.29 is 5.11 Å². The standard InChI is InChI=1S/C9H18N2O/c10-9-5-8-2-1-7(9)6-11(8)3-4-12/h7-9,12H,1-6,10H2. The topological polar surface area (TPSA) is 49.5 Å². The van der Waals surface area contributed by atoms with Gasteiger partial charge in [-0.05, 0) is 25.2 Å². The van der Waals surface area contributed by atoms with Gasteiger partial charge >= 0.3 is 0 Å². The predicted molar refractivity (Wildman–Crippen MR) is 47.8 cm³/mol. The summed E-state index contributed by atoms with van der Waals surface area (Å²) in [6.07, 6.45) is 3.73. The lowest BCUT2D eigenvalue weighted by Gasteiger charge is -2.48. The number of rotatable bonds is 2. The summed E-state index contributed by atoms with van der Waals surface area (Å²) >= 11 is 0. The average Bonchev–Trinajstić information content (AvgIpc) is 2.07. The molecule has 3 atom stereocenters. The van der Waals surface area contributed by atoms with E-state index in [1.807, 2.05) is 0 Å². The SMILES string of the molecule is NC1CC2CCC1CN2CCO. The fourth-order valence-electron chi connectivity index (χ4n) is 2.66. The second-order valence-corrected chi connectivity index (χ2v) is 4.11. The van der Waals surface area contributed by atoms with Crippen molar-refractivity contribution in [1.82, 2.24) is 4.90 Å². The van der Waals surface area contributed by atoms with Gasteiger partial charge in [-0.15, -0.1) is 0 Å². The maximum atomic E-state index is 8.84. The van der Waals surface area contributed by atoms with E-state index >= 15 is 0 Å². The fraction of sp³-hybridized carbons (Fsp3) is 1.00. The van der Waals surface area contributed by atoms with Crippen molar-refractivity contribution in [1.29, 1.82) is 0 Å². The highest BCUT2D eigenvalue weighted by Gasteiger charge is 2.37. The van der Waals surface area contributed by atoms with Crippen LogP contribution >= 0.6 is 0 Å². The lowest BCUT2D eigenvalue weighted by Crippen LogP contribution is -2.57. The van der Waals surface area contributed by atoms with Crippen LogP contribution in [0.2, 0.25) is 0 Å². The highest BCUT2D eigenvalue weighted by atomic mass is 16.3. The van der Waals surface area contributed by atoms with E-state index in [-0.39, 0.29) is 0 Å². The molecule has 1 aliphatic carbocycles. The van der Waals surface area contributed by atoms with Crippen LogP contribution in [0.1, 0.15) is 19.3 Å². The zero-order chi connectivity index (χ0) is 8.55. The van der Waals surface area contributed by atoms with Crippen molar-refractivity contribution in [3.05, 3.63) is 0 Å². The Kier molecular flexibility index (Phi) is 2.35. The number of aliphatic hydroxyl groups is 1. The molecule has 3 heteroatoms. The first kappa shape index (κ1) is 8.48. The monoisotopic (exact) mass is 170 g/mol. The number of piperidine rings is 2. The second kappa shape index (κ2) is 3.32. The van der Waals surface area contributed by atoms with E-state index in [1.54, 1.807) is 0 Å². The smallest absolute Gasteiger partial charge is 0.0558 e. The zero-order valence-corrected chi connectivity index (χ0v) is 7.45. The van der Waals surface area contributed by atoms with E-state index < -0.39 is 0 Å². The molecule has 0 spiro atoms. The van der Waals surface area contributed by atoms with Gasteiger partial charge in [0.05, 0.1) is 6.61 Å². The third kappa shape index (κ3) is 1.37. The lowest BCUT2D eigenvalue weighted by molar-refractivity contribution is 0.0228. The molecule has 3 fully saturated rings. The molecule has 3 nitrogen and oxygen atoms in total. The number of nitrogens with two attached hydrogens (primary N) is 1. The number of nitrogens with zero attached hydrogens (tertiary/aromatic N) is 1. The van der Waals surface area contributed by atoms with Gasteiger partial charge in [0.1, 0.15) is 0 Å². The fourth-order valence-corrected chi connectivity index (χ4v) is 2.66. The van der Waals surface area contributed by atoms with Crippen LogP contribution < -0.4 is 5.73 Å². The number of fused-ring (bicyclic) bond motifs is 3. The Morgan fingerprint density at radius 3 is 2.75 bits per heavy atom. The first-order valence-electron chi connectivity index (χ1n) is 4.91. The third-order valence-corrected chi connectivity index (χ3v) is 3.39. The Bertz CT molecular complexity index is 161. The van der Waals surface area contributed by atoms with Crippen LogP contribution in [0.5, 0.6) is 0 Å². The van der Waals surface area contributed by atoms with Crippen molar-refractivity contribution >= 4 is 0 Å². The van der Waals surface area contributed by atoms with Gasteiger partial charge in [0, 0.05) is 25.2 Å². The quantitative estimate of drug-likeness (QED) is 0.603. The molecule has 0 radical (unpaired) electrons. The van der Waals surface area contributed by atoms with Gasteiger partial charge in [0.15, 0.2) is 0 Å². The number of hydrogen-bond donors (Lipinski definition) is 2. The van der Waals surface area contributed by atoms with Gasteiger partial charge in [-0.3, -0.25) is 4.90 Å². The number of aliphatic hydroxyl groups excluding tert-OH is 1. The van der Waals surface area contributed by atoms with Crippen LogP contribution in [0.3, 0.4) is 0 Å². The minimum absolute atomic E-state index is 0.290. The molecule has 2 heterocycles. The molecule has 3 aliphatic rings. The highest BCUT2D eigenvalue weighted by molar-refractivity contribution is 4.94. The molecule has 0 aromatic carbocycles. The summed E-state index contributed by atoms with van der Waals surface area (Å²) in [5, 5.41) is 8.84. The van der Waals surface area contributed by atoms with E-state index in [0.717, 1.165) is 19.5 Å². The highest BCUT2D eigenvalue weighted by Crippen LogP contribution is 2.33. The summed E-state index contributed by atoms with van der Waals surface area (Å²) in [6, 6.07) is 1.09. The van der Waals surface area contributed by atoms with Gasteiger partial charge in [-0.2, -0.15) is 0 Å². The van der Waals surface area contributed by atoms with Gasteiger partial charge in [-0.1, -0.05) is 0 Å². The summed E-state index contributed by atoms with van der Waals surface area (Å²) in [5.74, 6) is 0.696. The molecule has 3 unspecified atom stereocenters. The van der Waals surface area contributed by atoms with E-state index in [0.29, 0.717) is 24.6 Å². The van der Waals surface area contributed by atoms with Crippen LogP contribution in [-0.2, 0) is 0 Å². The van der Waals surface area contributed by atoms with E-state index in [9.17, 15) is 0 Å². The van der Waals surface area contributed by atoms with Gasteiger partial charge < -0.3 is 10.8 Å². The summed E-state index contributed by atoms with van der Waals surface area (Å²) in [5.41, 5.74) is 5.99. The molecule has 3 rings (SSSR count). The largest absolute Gasteiger partial charge is 0.395 e. The Hall–Kier alpha value is -0.120. The molecule has 0 aromatic heterocycles. The molecule has 3 N–H and O–H groups in total. The molecule has 2 aliphatic heterocycles. The van der Waals surface area contributed by atoms with Crippen LogP contribution in [0.25, 0.3) is 0 Å². The Balaban J connectivity index is 1.96. The van der Waals surface area contributed by atoms with Gasteiger partial charge in [-0.25, -0.2) is 0 Å². The Labute approximate surface area is 73.5 Å². The molecule has 2 saturated heterocycles. The number of hydrogen-bond acceptors (Lipinski definition) is 3. The molecule has 0 aromatic rings. The maximum absolute atomic E-state index is 8.84. The molecule has 12 heavy (non-hydrogen) atoms.